The number of nitrogens with two attached hydrogens (primary N) is 1. The summed E-state index contributed by atoms with van der Waals surface area (Å²) in [6, 6.07) is 5.74. The van der Waals surface area contributed by atoms with E-state index < -0.39 is 0 Å². The van der Waals surface area contributed by atoms with E-state index in [1.807, 2.05) is 25.1 Å². The number of halogens is 1. The summed E-state index contributed by atoms with van der Waals surface area (Å²) in [5, 5.41) is 7.35. The summed E-state index contributed by atoms with van der Waals surface area (Å²) >= 11 is 6.21. The second kappa shape index (κ2) is 16.6. The normalized spacial score (nSPS) is 11.0. The van der Waals surface area contributed by atoms with Gasteiger partial charge in [0.15, 0.2) is 11.6 Å². The second-order valence-corrected chi connectivity index (χ2v) is 9.45. The van der Waals surface area contributed by atoms with E-state index in [-0.39, 0.29) is 0 Å². The van der Waals surface area contributed by atoms with Gasteiger partial charge in [-0.2, -0.15) is 0 Å². The van der Waals surface area contributed by atoms with Gasteiger partial charge in [-0.3, -0.25) is 0 Å². The molecule has 0 saturated heterocycles. The Kier molecular flexibility index (Phi) is 13.7. The Morgan fingerprint density at radius 2 is 1.33 bits per heavy atom. The van der Waals surface area contributed by atoms with E-state index in [0.717, 1.165) is 24.2 Å². The third kappa shape index (κ3) is 10.6. The van der Waals surface area contributed by atoms with Crippen LogP contribution < -0.4 is 16.4 Å². The monoisotopic (exact) mass is 473 g/mol. The van der Waals surface area contributed by atoms with Crippen LogP contribution in [0.1, 0.15) is 102 Å². The highest BCUT2D eigenvalue weighted by Crippen LogP contribution is 2.29. The molecule has 0 aliphatic rings. The Morgan fingerprint density at radius 3 is 1.94 bits per heavy atom. The van der Waals surface area contributed by atoms with Crippen molar-refractivity contribution in [3.05, 3.63) is 35.1 Å². The van der Waals surface area contributed by atoms with Crippen LogP contribution in [0.4, 0.5) is 23.0 Å². The summed E-state index contributed by atoms with van der Waals surface area (Å²) in [6.07, 6.45) is 20.6. The minimum Gasteiger partial charge on any atom is -0.393 e. The molecule has 0 atom stereocenters. The van der Waals surface area contributed by atoms with Crippen LogP contribution in [0.2, 0.25) is 5.02 Å². The van der Waals surface area contributed by atoms with Crippen molar-refractivity contribution in [2.45, 2.75) is 104 Å². The molecule has 0 bridgehead atoms. The Morgan fingerprint density at radius 1 is 0.788 bits per heavy atom. The predicted molar refractivity (Wildman–Crippen MR) is 145 cm³/mol. The molecule has 0 aliphatic heterocycles. The molecular weight excluding hydrogens is 430 g/mol. The second-order valence-electron chi connectivity index (χ2n) is 9.04. The van der Waals surface area contributed by atoms with Gasteiger partial charge in [-0.1, -0.05) is 108 Å². The topological polar surface area (TPSA) is 75.9 Å². The molecule has 0 spiro atoms. The minimum absolute atomic E-state index is 0.530. The number of unbranched alkanes of at least 4 members (excludes halogenated alkanes) is 13. The summed E-state index contributed by atoms with van der Waals surface area (Å²) < 4.78 is 0. The van der Waals surface area contributed by atoms with Crippen LogP contribution in [0.25, 0.3) is 0 Å². The van der Waals surface area contributed by atoms with Gasteiger partial charge in [0.2, 0.25) is 0 Å². The van der Waals surface area contributed by atoms with Gasteiger partial charge in [0.05, 0.1) is 0 Å². The molecule has 0 radical (unpaired) electrons. The van der Waals surface area contributed by atoms with Crippen molar-refractivity contribution in [3.8, 4) is 0 Å². The number of hydrogen-bond acceptors (Lipinski definition) is 5. The van der Waals surface area contributed by atoms with E-state index in [4.69, 9.17) is 17.3 Å². The molecule has 1 aromatic heterocycles. The Bertz CT molecular complexity index is 796. The van der Waals surface area contributed by atoms with Crippen LogP contribution in [0.3, 0.4) is 0 Å². The van der Waals surface area contributed by atoms with Gasteiger partial charge >= 0.3 is 0 Å². The van der Waals surface area contributed by atoms with E-state index in [2.05, 4.69) is 27.5 Å². The predicted octanol–water partition coefficient (Wildman–Crippen LogP) is 8.66. The highest BCUT2D eigenvalue weighted by atomic mass is 35.5. The van der Waals surface area contributed by atoms with Gasteiger partial charge < -0.3 is 16.4 Å². The summed E-state index contributed by atoms with van der Waals surface area (Å²) in [5.41, 5.74) is 8.69. The number of nitrogens with one attached hydrogen (secondary N) is 2. The number of nitrogen functional groups attached to an aromatic ring is 1. The molecule has 5 nitrogen and oxygen atoms in total. The van der Waals surface area contributed by atoms with Crippen molar-refractivity contribution < 1.29 is 0 Å². The molecule has 1 heterocycles. The van der Waals surface area contributed by atoms with Crippen LogP contribution in [0.5, 0.6) is 0 Å². The van der Waals surface area contributed by atoms with Gasteiger partial charge in [0.1, 0.15) is 12.0 Å². The number of hydrogen-bond donors (Lipinski definition) is 3. The lowest BCUT2D eigenvalue weighted by Gasteiger charge is -2.14. The van der Waals surface area contributed by atoms with Gasteiger partial charge in [0.25, 0.3) is 0 Å². The molecular formula is C27H44ClN5. The van der Waals surface area contributed by atoms with E-state index >= 15 is 0 Å². The fourth-order valence-corrected chi connectivity index (χ4v) is 4.21. The third-order valence-corrected chi connectivity index (χ3v) is 6.64. The quantitative estimate of drug-likeness (QED) is 0.189. The van der Waals surface area contributed by atoms with E-state index in [9.17, 15) is 0 Å². The first-order chi connectivity index (χ1) is 16.1. The van der Waals surface area contributed by atoms with E-state index in [0.29, 0.717) is 22.3 Å². The third-order valence-electron chi connectivity index (χ3n) is 6.23. The minimum atomic E-state index is 0.530. The Hall–Kier alpha value is -2.01. The van der Waals surface area contributed by atoms with E-state index in [1.54, 1.807) is 0 Å². The summed E-state index contributed by atoms with van der Waals surface area (Å²) in [5.74, 6) is 1.28. The van der Waals surface area contributed by atoms with Crippen LogP contribution in [0, 0.1) is 6.92 Å². The molecule has 2 aromatic rings. The van der Waals surface area contributed by atoms with Crippen molar-refractivity contribution in [1.29, 1.82) is 0 Å². The average Bonchev–Trinajstić information content (AvgIpc) is 2.81. The molecule has 6 heteroatoms. The maximum atomic E-state index is 6.30. The van der Waals surface area contributed by atoms with Crippen LogP contribution in [-0.2, 0) is 0 Å². The number of aromatic nitrogens is 2. The molecule has 33 heavy (non-hydrogen) atoms. The zero-order valence-electron chi connectivity index (χ0n) is 20.8. The lowest BCUT2D eigenvalue weighted by Crippen LogP contribution is -2.09. The fourth-order valence-electron chi connectivity index (χ4n) is 4.03. The summed E-state index contributed by atoms with van der Waals surface area (Å²) in [6.45, 7) is 5.12. The first kappa shape index (κ1) is 27.2. The van der Waals surface area contributed by atoms with Crippen molar-refractivity contribution in [2.75, 3.05) is 22.9 Å². The zero-order chi connectivity index (χ0) is 23.7. The smallest absolute Gasteiger partial charge is 0.159 e. The number of anilines is 4. The number of nitrogens with zero attached hydrogens (tertiary/aromatic N) is 2. The van der Waals surface area contributed by atoms with Crippen molar-refractivity contribution in [2.24, 2.45) is 0 Å². The highest BCUT2D eigenvalue weighted by Gasteiger charge is 2.10. The maximum Gasteiger partial charge on any atom is 0.159 e. The molecule has 4 N–H and O–H groups in total. The van der Waals surface area contributed by atoms with Crippen LogP contribution >= 0.6 is 11.6 Å². The SMILES string of the molecule is CCCCCCCCCCCCCCCCNc1ncnc(Nc2cccc(Cl)c2C)c1N. The van der Waals surface area contributed by atoms with Crippen LogP contribution in [-0.4, -0.2) is 16.5 Å². The van der Waals surface area contributed by atoms with Gasteiger partial charge in [0, 0.05) is 17.3 Å². The fraction of sp³-hybridized carbons (Fsp3) is 0.630. The first-order valence-electron chi connectivity index (χ1n) is 13.0. The number of benzene rings is 1. The van der Waals surface area contributed by atoms with E-state index in [1.165, 1.54) is 89.8 Å². The Labute approximate surface area is 206 Å². The molecule has 0 fully saturated rings. The molecule has 2 rings (SSSR count). The van der Waals surface area contributed by atoms with Crippen molar-refractivity contribution >= 4 is 34.6 Å². The highest BCUT2D eigenvalue weighted by molar-refractivity contribution is 6.31. The standard InChI is InChI=1S/C27H44ClN5/c1-3-4-5-6-7-8-9-10-11-12-13-14-15-16-20-30-26-25(29)27(32-21-31-26)33-24-19-17-18-23(28)22(24)2/h17-19,21H,3-16,20,29H2,1-2H3,(H2,30,31,32,33). The molecule has 184 valence electrons. The lowest BCUT2D eigenvalue weighted by atomic mass is 10.0. The average molecular weight is 474 g/mol. The summed E-state index contributed by atoms with van der Waals surface area (Å²) in [4.78, 5) is 8.61. The summed E-state index contributed by atoms with van der Waals surface area (Å²) in [7, 11) is 0. The number of rotatable bonds is 18. The van der Waals surface area contributed by atoms with Crippen molar-refractivity contribution in [3.63, 3.8) is 0 Å². The maximum absolute atomic E-state index is 6.30. The van der Waals surface area contributed by atoms with Crippen molar-refractivity contribution in [1.82, 2.24) is 9.97 Å². The van der Waals surface area contributed by atoms with Gasteiger partial charge in [-0.05, 0) is 31.0 Å². The van der Waals surface area contributed by atoms with Crippen LogP contribution in [0.15, 0.2) is 24.5 Å². The molecule has 0 amide bonds. The first-order valence-corrected chi connectivity index (χ1v) is 13.4. The molecule has 0 aliphatic carbocycles. The zero-order valence-corrected chi connectivity index (χ0v) is 21.5. The largest absolute Gasteiger partial charge is 0.393 e. The molecule has 0 saturated carbocycles. The molecule has 0 unspecified atom stereocenters. The lowest BCUT2D eigenvalue weighted by molar-refractivity contribution is 0.537. The molecule has 1 aromatic carbocycles. The van der Waals surface area contributed by atoms with Gasteiger partial charge in [-0.15, -0.1) is 0 Å². The Balaban J connectivity index is 1.55. The van der Waals surface area contributed by atoms with Gasteiger partial charge in [-0.25, -0.2) is 9.97 Å².